The van der Waals surface area contributed by atoms with Gasteiger partial charge in [-0.3, -0.25) is 0 Å². The lowest BCUT2D eigenvalue weighted by Crippen LogP contribution is -2.39. The fourth-order valence-electron chi connectivity index (χ4n) is 4.75. The number of hydrogen-bond donors (Lipinski definition) is 1. The Morgan fingerprint density at radius 1 is 1.03 bits per heavy atom. The highest BCUT2D eigenvalue weighted by atomic mass is 32.2. The fourth-order valence-corrected chi connectivity index (χ4v) is 6.29. The molecule has 1 N–H and O–H groups in total. The number of hydrogen-bond acceptors (Lipinski definition) is 3. The number of ether oxygens (including phenoxy) is 1. The topological polar surface area (TPSA) is 62.4 Å². The van der Waals surface area contributed by atoms with E-state index in [2.05, 4.69) is 11.1 Å². The number of nitrogens with zero attached hydrogens (tertiary/aromatic N) is 1. The Morgan fingerprint density at radius 3 is 2.49 bits per heavy atom. The van der Waals surface area contributed by atoms with Gasteiger partial charge in [0.2, 0.25) is 10.0 Å². The molecule has 0 saturated heterocycles. The van der Waals surface area contributed by atoms with E-state index in [1.165, 1.54) is 0 Å². The van der Waals surface area contributed by atoms with Gasteiger partial charge < -0.3 is 9.72 Å². The van der Waals surface area contributed by atoms with Crippen LogP contribution in [0.3, 0.4) is 0 Å². The van der Waals surface area contributed by atoms with Crippen LogP contribution < -0.4 is 4.74 Å². The van der Waals surface area contributed by atoms with Gasteiger partial charge in [0.25, 0.3) is 0 Å². The maximum absolute atomic E-state index is 13.7. The van der Waals surface area contributed by atoms with Crippen LogP contribution in [0.2, 0.25) is 0 Å². The van der Waals surface area contributed by atoms with Crippen molar-refractivity contribution in [3.63, 3.8) is 0 Å². The lowest BCUT2D eigenvalue weighted by Gasteiger charge is -2.33. The largest absolute Gasteiger partial charge is 0.487 e. The maximum Gasteiger partial charge on any atom is 0.243 e. The molecule has 1 unspecified atom stereocenters. The average molecular weight is 487 g/mol. The van der Waals surface area contributed by atoms with Gasteiger partial charge in [-0.25, -0.2) is 8.42 Å². The van der Waals surface area contributed by atoms with Gasteiger partial charge in [0, 0.05) is 17.6 Å². The first-order valence-corrected chi connectivity index (χ1v) is 13.3. The van der Waals surface area contributed by atoms with Crippen molar-refractivity contribution in [2.45, 2.75) is 44.7 Å². The minimum atomic E-state index is -3.67. The minimum Gasteiger partial charge on any atom is -0.487 e. The van der Waals surface area contributed by atoms with Crippen molar-refractivity contribution in [1.82, 2.24) is 9.29 Å². The van der Waals surface area contributed by atoms with Crippen LogP contribution >= 0.6 is 0 Å². The molecular weight excluding hydrogens is 456 g/mol. The van der Waals surface area contributed by atoms with Crippen LogP contribution in [0.25, 0.3) is 10.9 Å². The number of allylic oxidation sites excluding steroid dienone is 1. The van der Waals surface area contributed by atoms with Crippen LogP contribution in [0.15, 0.2) is 89.3 Å². The van der Waals surface area contributed by atoms with E-state index in [0.717, 1.165) is 44.6 Å². The Kier molecular flexibility index (Phi) is 6.26. The summed E-state index contributed by atoms with van der Waals surface area (Å²) in [6, 6.07) is 22.8. The van der Waals surface area contributed by atoms with Gasteiger partial charge in [0.15, 0.2) is 0 Å². The van der Waals surface area contributed by atoms with Gasteiger partial charge in [0.05, 0.1) is 16.5 Å². The second-order valence-corrected chi connectivity index (χ2v) is 11.2. The minimum absolute atomic E-state index is 0.321. The molecule has 0 saturated carbocycles. The smallest absolute Gasteiger partial charge is 0.243 e. The van der Waals surface area contributed by atoms with Gasteiger partial charge >= 0.3 is 0 Å². The van der Waals surface area contributed by atoms with E-state index >= 15 is 0 Å². The molecule has 1 aliphatic heterocycles. The first kappa shape index (κ1) is 23.4. The number of nitrogens with one attached hydrogen (secondary N) is 1. The van der Waals surface area contributed by atoms with Gasteiger partial charge in [-0.15, -0.1) is 0 Å². The summed E-state index contributed by atoms with van der Waals surface area (Å²) in [5.41, 5.74) is 6.17. The molecule has 4 aromatic rings. The normalized spacial score (nSPS) is 16.1. The molecule has 5 nitrogen and oxygen atoms in total. The van der Waals surface area contributed by atoms with Crippen molar-refractivity contribution >= 4 is 20.9 Å². The average Bonchev–Trinajstić information content (AvgIpc) is 3.23. The van der Waals surface area contributed by atoms with Gasteiger partial charge in [-0.05, 0) is 56.5 Å². The predicted molar refractivity (Wildman–Crippen MR) is 140 cm³/mol. The summed E-state index contributed by atoms with van der Waals surface area (Å²) in [6.07, 6.45) is 2.67. The second-order valence-electron chi connectivity index (χ2n) is 9.34. The molecule has 3 aromatic carbocycles. The molecule has 0 amide bonds. The van der Waals surface area contributed by atoms with Crippen molar-refractivity contribution in [3.05, 3.63) is 107 Å². The number of benzene rings is 3. The number of rotatable bonds is 6. The predicted octanol–water partition coefficient (Wildman–Crippen LogP) is 6.31. The van der Waals surface area contributed by atoms with Crippen LogP contribution in [0, 0.1) is 6.92 Å². The first-order chi connectivity index (χ1) is 16.8. The molecule has 0 bridgehead atoms. The summed E-state index contributed by atoms with van der Waals surface area (Å²) in [5.74, 6) is 0.768. The third kappa shape index (κ3) is 4.51. The number of aromatic nitrogens is 1. The van der Waals surface area contributed by atoms with Crippen molar-refractivity contribution < 1.29 is 13.2 Å². The van der Waals surface area contributed by atoms with Crippen molar-refractivity contribution in [1.29, 1.82) is 0 Å². The van der Waals surface area contributed by atoms with Crippen molar-refractivity contribution in [2.75, 3.05) is 6.54 Å². The number of fused-ring (bicyclic) bond motifs is 3. The highest BCUT2D eigenvalue weighted by Gasteiger charge is 2.37. The summed E-state index contributed by atoms with van der Waals surface area (Å²) < 4.78 is 35.2. The zero-order valence-electron chi connectivity index (χ0n) is 20.3. The molecule has 0 aliphatic carbocycles. The van der Waals surface area contributed by atoms with E-state index in [4.69, 9.17) is 4.74 Å². The third-order valence-corrected chi connectivity index (χ3v) is 8.38. The monoisotopic (exact) mass is 486 g/mol. The fraction of sp³-hybridized carbons (Fsp3) is 0.241. The van der Waals surface area contributed by atoms with Gasteiger partial charge in [-0.2, -0.15) is 4.31 Å². The molecule has 0 fully saturated rings. The van der Waals surface area contributed by atoms with Crippen molar-refractivity contribution in [2.24, 2.45) is 0 Å². The molecule has 1 atom stereocenters. The summed E-state index contributed by atoms with van der Waals surface area (Å²) in [7, 11) is -3.67. The van der Waals surface area contributed by atoms with E-state index in [9.17, 15) is 8.42 Å². The Bertz CT molecular complexity index is 1480. The van der Waals surface area contributed by atoms with Gasteiger partial charge in [-0.1, -0.05) is 71.8 Å². The molecular formula is C29H30N2O3S. The standard InChI is InChI=1S/C29H30N2O3S/c1-20(2)18-26-28-25(16-17-31(26)35(32,33)23-14-12-21(3)13-15-23)24-10-7-11-27(29(24)30-28)34-19-22-8-5-4-6-9-22/h4-15,18,26,30H,16-17,19H2,1-3H3. The number of aryl methyl sites for hydroxylation is 1. The number of sulfonamides is 1. The molecule has 1 aliphatic rings. The summed E-state index contributed by atoms with van der Waals surface area (Å²) >= 11 is 0. The number of aromatic amines is 1. The highest BCUT2D eigenvalue weighted by molar-refractivity contribution is 7.89. The molecule has 5 rings (SSSR count). The Morgan fingerprint density at radius 2 is 1.77 bits per heavy atom. The molecule has 2 heterocycles. The van der Waals surface area contributed by atoms with E-state index in [1.54, 1.807) is 16.4 Å². The third-order valence-electron chi connectivity index (χ3n) is 6.48. The van der Waals surface area contributed by atoms with E-state index < -0.39 is 16.1 Å². The Balaban J connectivity index is 1.56. The Labute approximate surface area is 207 Å². The van der Waals surface area contributed by atoms with Crippen LogP contribution in [-0.2, 0) is 23.1 Å². The number of H-pyrrole nitrogens is 1. The van der Waals surface area contributed by atoms with Crippen molar-refractivity contribution in [3.8, 4) is 5.75 Å². The van der Waals surface area contributed by atoms with E-state index in [-0.39, 0.29) is 0 Å². The quantitative estimate of drug-likeness (QED) is 0.325. The summed E-state index contributed by atoms with van der Waals surface area (Å²) in [4.78, 5) is 3.88. The number of para-hydroxylation sites is 1. The molecule has 1 aromatic heterocycles. The molecule has 0 spiro atoms. The zero-order chi connectivity index (χ0) is 24.6. The van der Waals surface area contributed by atoms with Crippen LogP contribution in [0.5, 0.6) is 5.75 Å². The first-order valence-electron chi connectivity index (χ1n) is 11.9. The van der Waals surface area contributed by atoms with E-state index in [0.29, 0.717) is 24.5 Å². The molecule has 6 heteroatoms. The highest BCUT2D eigenvalue weighted by Crippen LogP contribution is 2.41. The lowest BCUT2D eigenvalue weighted by molar-refractivity contribution is 0.309. The van der Waals surface area contributed by atoms with Gasteiger partial charge in [0.1, 0.15) is 12.4 Å². The van der Waals surface area contributed by atoms with Crippen LogP contribution in [0.1, 0.15) is 42.3 Å². The molecule has 0 radical (unpaired) electrons. The molecule has 35 heavy (non-hydrogen) atoms. The Hall–Kier alpha value is -3.35. The SMILES string of the molecule is CC(C)=CC1c2[nH]c3c(OCc4ccccc4)cccc3c2CCN1S(=O)(=O)c1ccc(C)cc1. The zero-order valence-corrected chi connectivity index (χ0v) is 21.1. The molecule has 180 valence electrons. The summed E-state index contributed by atoms with van der Waals surface area (Å²) in [6.45, 7) is 6.84. The summed E-state index contributed by atoms with van der Waals surface area (Å²) in [5, 5.41) is 1.09. The maximum atomic E-state index is 13.7. The van der Waals surface area contributed by atoms with Crippen LogP contribution in [-0.4, -0.2) is 24.3 Å². The van der Waals surface area contributed by atoms with E-state index in [1.807, 2.05) is 81.4 Å². The lowest BCUT2D eigenvalue weighted by atomic mass is 9.98. The second kappa shape index (κ2) is 9.36. The van der Waals surface area contributed by atoms with Crippen LogP contribution in [0.4, 0.5) is 0 Å².